The number of aliphatic hydroxyl groups is 1. The van der Waals surface area contributed by atoms with Crippen LogP contribution in [0.5, 0.6) is 0 Å². The topological polar surface area (TPSA) is 49.5 Å². The number of hydrogen-bond acceptors (Lipinski definition) is 3. The molecule has 0 unspecified atom stereocenters. The molecule has 0 bridgehead atoms. The van der Waals surface area contributed by atoms with Gasteiger partial charge in [-0.05, 0) is 30.9 Å². The van der Waals surface area contributed by atoms with Gasteiger partial charge in [-0.15, -0.1) is 0 Å². The lowest BCUT2D eigenvalue weighted by molar-refractivity contribution is 0.109. The minimum atomic E-state index is -0.225. The summed E-state index contributed by atoms with van der Waals surface area (Å²) < 4.78 is 13.4. The molecule has 1 fully saturated rings. The lowest BCUT2D eigenvalue weighted by Crippen LogP contribution is -2.40. The van der Waals surface area contributed by atoms with Crippen molar-refractivity contribution in [1.29, 1.82) is 0 Å². The van der Waals surface area contributed by atoms with Gasteiger partial charge in [0, 0.05) is 37.8 Å². The molecule has 0 aromatic heterocycles. The van der Waals surface area contributed by atoms with E-state index in [4.69, 9.17) is 10.8 Å². The molecule has 1 aromatic rings. The van der Waals surface area contributed by atoms with E-state index >= 15 is 0 Å². The molecule has 0 radical (unpaired) electrons. The van der Waals surface area contributed by atoms with Crippen LogP contribution in [0.2, 0.25) is 0 Å². The van der Waals surface area contributed by atoms with Crippen LogP contribution in [0.15, 0.2) is 18.2 Å². The average molecular weight is 266 g/mol. The van der Waals surface area contributed by atoms with Crippen molar-refractivity contribution in [3.63, 3.8) is 0 Å². The standard InChI is InChI=1S/C15H23FN2O/c16-15-6-5-12(9-13(15)10-17)11-18(7-2-8-19)14-3-1-4-14/h5-6,9,14,19H,1-4,7-8,10-11,17H2. The minimum absolute atomic E-state index is 0.223. The van der Waals surface area contributed by atoms with Gasteiger partial charge in [-0.25, -0.2) is 4.39 Å². The normalized spacial score (nSPS) is 15.8. The molecule has 2 rings (SSSR count). The second-order valence-corrected chi connectivity index (χ2v) is 5.26. The fourth-order valence-electron chi connectivity index (χ4n) is 2.53. The van der Waals surface area contributed by atoms with Gasteiger partial charge in [-0.2, -0.15) is 0 Å². The van der Waals surface area contributed by atoms with Crippen LogP contribution in [0, 0.1) is 5.82 Å². The summed E-state index contributed by atoms with van der Waals surface area (Å²) in [6.45, 7) is 2.18. The van der Waals surface area contributed by atoms with Crippen LogP contribution >= 0.6 is 0 Å². The van der Waals surface area contributed by atoms with Crippen molar-refractivity contribution in [3.05, 3.63) is 35.1 Å². The molecule has 1 aromatic carbocycles. The number of rotatable bonds is 7. The molecule has 3 nitrogen and oxygen atoms in total. The van der Waals surface area contributed by atoms with Crippen molar-refractivity contribution in [2.75, 3.05) is 13.2 Å². The van der Waals surface area contributed by atoms with E-state index in [-0.39, 0.29) is 19.0 Å². The molecule has 1 aliphatic rings. The number of hydrogen-bond donors (Lipinski definition) is 2. The van der Waals surface area contributed by atoms with Gasteiger partial charge in [0.1, 0.15) is 5.82 Å². The Morgan fingerprint density at radius 1 is 1.37 bits per heavy atom. The number of benzene rings is 1. The zero-order valence-corrected chi connectivity index (χ0v) is 11.3. The van der Waals surface area contributed by atoms with Crippen LogP contribution in [0.25, 0.3) is 0 Å². The van der Waals surface area contributed by atoms with Gasteiger partial charge in [-0.1, -0.05) is 18.6 Å². The van der Waals surface area contributed by atoms with E-state index in [9.17, 15) is 4.39 Å². The first-order valence-corrected chi connectivity index (χ1v) is 7.07. The van der Waals surface area contributed by atoms with E-state index in [1.807, 2.05) is 12.1 Å². The predicted molar refractivity (Wildman–Crippen MR) is 74.0 cm³/mol. The molecule has 0 spiro atoms. The summed E-state index contributed by atoms with van der Waals surface area (Å²) in [7, 11) is 0. The Morgan fingerprint density at radius 3 is 2.74 bits per heavy atom. The van der Waals surface area contributed by atoms with Crippen molar-refractivity contribution < 1.29 is 9.50 Å². The molecule has 0 saturated heterocycles. The second kappa shape index (κ2) is 6.98. The number of aliphatic hydroxyl groups excluding tert-OH is 1. The van der Waals surface area contributed by atoms with Crippen LogP contribution in [-0.4, -0.2) is 29.2 Å². The molecule has 0 atom stereocenters. The molecule has 1 aliphatic carbocycles. The molecule has 0 aliphatic heterocycles. The second-order valence-electron chi connectivity index (χ2n) is 5.26. The zero-order chi connectivity index (χ0) is 13.7. The monoisotopic (exact) mass is 266 g/mol. The summed E-state index contributed by atoms with van der Waals surface area (Å²) >= 11 is 0. The van der Waals surface area contributed by atoms with Gasteiger partial charge >= 0.3 is 0 Å². The van der Waals surface area contributed by atoms with Gasteiger partial charge in [-0.3, -0.25) is 4.90 Å². The lowest BCUT2D eigenvalue weighted by Gasteiger charge is -2.37. The highest BCUT2D eigenvalue weighted by atomic mass is 19.1. The smallest absolute Gasteiger partial charge is 0.127 e. The Kier molecular flexibility index (Phi) is 5.31. The van der Waals surface area contributed by atoms with Crippen LogP contribution in [-0.2, 0) is 13.1 Å². The van der Waals surface area contributed by atoms with E-state index in [0.717, 1.165) is 25.1 Å². The van der Waals surface area contributed by atoms with Crippen molar-refractivity contribution >= 4 is 0 Å². The van der Waals surface area contributed by atoms with Gasteiger partial charge in [0.25, 0.3) is 0 Å². The molecule has 1 saturated carbocycles. The molecule has 0 amide bonds. The largest absolute Gasteiger partial charge is 0.396 e. The van der Waals surface area contributed by atoms with E-state index in [2.05, 4.69) is 4.90 Å². The van der Waals surface area contributed by atoms with Crippen LogP contribution in [0.4, 0.5) is 4.39 Å². The molecular formula is C15H23FN2O. The predicted octanol–water partition coefficient (Wildman–Crippen LogP) is 2.02. The van der Waals surface area contributed by atoms with E-state index in [0.29, 0.717) is 11.6 Å². The fourth-order valence-corrected chi connectivity index (χ4v) is 2.53. The van der Waals surface area contributed by atoms with Gasteiger partial charge in [0.05, 0.1) is 0 Å². The van der Waals surface area contributed by atoms with Gasteiger partial charge < -0.3 is 10.8 Å². The SMILES string of the molecule is NCc1cc(CN(CCCO)C2CCC2)ccc1F. The molecular weight excluding hydrogens is 243 g/mol. The summed E-state index contributed by atoms with van der Waals surface area (Å²) in [5.41, 5.74) is 7.22. The maximum atomic E-state index is 13.4. The summed E-state index contributed by atoms with van der Waals surface area (Å²) in [5.74, 6) is -0.225. The summed E-state index contributed by atoms with van der Waals surface area (Å²) in [5, 5.41) is 8.98. The maximum Gasteiger partial charge on any atom is 0.127 e. The van der Waals surface area contributed by atoms with Crippen molar-refractivity contribution in [3.8, 4) is 0 Å². The van der Waals surface area contributed by atoms with Crippen LogP contribution < -0.4 is 5.73 Å². The van der Waals surface area contributed by atoms with Gasteiger partial charge in [0.2, 0.25) is 0 Å². The Balaban J connectivity index is 2.02. The summed E-state index contributed by atoms with van der Waals surface area (Å²) in [6, 6.07) is 5.82. The molecule has 3 N–H and O–H groups in total. The van der Waals surface area contributed by atoms with Crippen molar-refractivity contribution in [2.24, 2.45) is 5.73 Å². The number of halogens is 1. The maximum absolute atomic E-state index is 13.4. The Morgan fingerprint density at radius 2 is 2.16 bits per heavy atom. The third-order valence-corrected chi connectivity index (χ3v) is 3.91. The highest BCUT2D eigenvalue weighted by Crippen LogP contribution is 2.26. The Labute approximate surface area is 114 Å². The first kappa shape index (κ1) is 14.4. The van der Waals surface area contributed by atoms with Crippen LogP contribution in [0.1, 0.15) is 36.8 Å². The molecule has 4 heteroatoms. The highest BCUT2D eigenvalue weighted by molar-refractivity contribution is 5.25. The molecule has 0 heterocycles. The first-order chi connectivity index (χ1) is 9.24. The minimum Gasteiger partial charge on any atom is -0.396 e. The lowest BCUT2D eigenvalue weighted by atomic mass is 9.91. The van der Waals surface area contributed by atoms with E-state index in [1.165, 1.54) is 25.3 Å². The van der Waals surface area contributed by atoms with Crippen LogP contribution in [0.3, 0.4) is 0 Å². The molecule has 19 heavy (non-hydrogen) atoms. The first-order valence-electron chi connectivity index (χ1n) is 7.07. The fraction of sp³-hybridized carbons (Fsp3) is 0.600. The summed E-state index contributed by atoms with van der Waals surface area (Å²) in [4.78, 5) is 2.40. The van der Waals surface area contributed by atoms with Crippen molar-refractivity contribution in [2.45, 2.75) is 44.8 Å². The van der Waals surface area contributed by atoms with E-state index in [1.54, 1.807) is 0 Å². The third kappa shape index (κ3) is 3.75. The third-order valence-electron chi connectivity index (χ3n) is 3.91. The molecule has 106 valence electrons. The highest BCUT2D eigenvalue weighted by Gasteiger charge is 2.24. The summed E-state index contributed by atoms with van der Waals surface area (Å²) in [6.07, 6.45) is 4.55. The zero-order valence-electron chi connectivity index (χ0n) is 11.3. The van der Waals surface area contributed by atoms with Crippen molar-refractivity contribution in [1.82, 2.24) is 4.90 Å². The Hall–Kier alpha value is -0.970. The Bertz CT molecular complexity index is 407. The quantitative estimate of drug-likeness (QED) is 0.794. The number of nitrogens with two attached hydrogens (primary N) is 1. The number of nitrogens with zero attached hydrogens (tertiary/aromatic N) is 1. The average Bonchev–Trinajstić information content (AvgIpc) is 2.36. The van der Waals surface area contributed by atoms with Gasteiger partial charge in [0.15, 0.2) is 0 Å². The van der Waals surface area contributed by atoms with E-state index < -0.39 is 0 Å².